The van der Waals surface area contributed by atoms with Crippen molar-refractivity contribution in [1.29, 1.82) is 0 Å². The number of nitrogens with one attached hydrogen (secondary N) is 1. The topological polar surface area (TPSA) is 55.4 Å². The third kappa shape index (κ3) is 4.60. The highest BCUT2D eigenvalue weighted by molar-refractivity contribution is 8.15. The van der Waals surface area contributed by atoms with Crippen LogP contribution in [0.4, 0.5) is 9.18 Å². The van der Waals surface area contributed by atoms with Gasteiger partial charge in [0, 0.05) is 5.92 Å². The molecule has 1 fully saturated rings. The second-order valence-corrected chi connectivity index (χ2v) is 7.17. The molecular weight excluding hydrogens is 341 g/mol. The molecule has 0 aromatic heterocycles. The third-order valence-electron chi connectivity index (χ3n) is 4.03. The highest BCUT2D eigenvalue weighted by Gasteiger charge is 2.31. The van der Waals surface area contributed by atoms with Crippen molar-refractivity contribution in [2.75, 3.05) is 6.61 Å². The molecule has 1 aliphatic heterocycles. The summed E-state index contributed by atoms with van der Waals surface area (Å²) in [5, 5.41) is 1.63. The minimum Gasteiger partial charge on any atom is -0.493 e. The van der Waals surface area contributed by atoms with Crippen LogP contribution in [0.25, 0.3) is 0 Å². The van der Waals surface area contributed by atoms with Gasteiger partial charge in [0.15, 0.2) is 0 Å². The standard InChI is InChI=1S/C19H18FNO3S/c1-12(14-3-2-4-15(20)10-14)11-24-16-7-5-13(6-8-16)9-17-18(22)21-19(23)25-17/h2-8,10,12,17H,9,11H2,1H3,(H,21,22,23). The van der Waals surface area contributed by atoms with Gasteiger partial charge < -0.3 is 4.74 Å². The van der Waals surface area contributed by atoms with E-state index >= 15 is 0 Å². The SMILES string of the molecule is CC(COc1ccc(CC2SC(=O)NC2=O)cc1)c1cccc(F)c1. The van der Waals surface area contributed by atoms with E-state index in [0.29, 0.717) is 18.8 Å². The van der Waals surface area contributed by atoms with Gasteiger partial charge in [-0.3, -0.25) is 14.9 Å². The lowest BCUT2D eigenvalue weighted by atomic mass is 10.0. The molecule has 2 atom stereocenters. The zero-order valence-electron chi connectivity index (χ0n) is 13.7. The van der Waals surface area contributed by atoms with Gasteiger partial charge in [0.05, 0.1) is 11.9 Å². The summed E-state index contributed by atoms with van der Waals surface area (Å²) in [5.41, 5.74) is 1.86. The fourth-order valence-corrected chi connectivity index (χ4v) is 3.45. The van der Waals surface area contributed by atoms with E-state index in [1.807, 2.05) is 37.3 Å². The summed E-state index contributed by atoms with van der Waals surface area (Å²) in [6.45, 7) is 2.42. The second-order valence-electron chi connectivity index (χ2n) is 6.00. The van der Waals surface area contributed by atoms with Crippen LogP contribution in [0.5, 0.6) is 5.75 Å². The molecule has 0 radical (unpaired) electrons. The number of carbonyl (C=O) groups excluding carboxylic acids is 2. The Hall–Kier alpha value is -2.34. The molecule has 2 unspecified atom stereocenters. The lowest BCUT2D eigenvalue weighted by Crippen LogP contribution is -2.25. The van der Waals surface area contributed by atoms with E-state index in [1.165, 1.54) is 12.1 Å². The maximum absolute atomic E-state index is 13.3. The van der Waals surface area contributed by atoms with Gasteiger partial charge in [0.1, 0.15) is 11.6 Å². The molecule has 130 valence electrons. The maximum atomic E-state index is 13.3. The Morgan fingerprint density at radius 1 is 1.20 bits per heavy atom. The van der Waals surface area contributed by atoms with Gasteiger partial charge >= 0.3 is 0 Å². The molecule has 1 heterocycles. The van der Waals surface area contributed by atoms with Gasteiger partial charge in [0.25, 0.3) is 5.24 Å². The lowest BCUT2D eigenvalue weighted by Gasteiger charge is -2.14. The number of hydrogen-bond donors (Lipinski definition) is 1. The Labute approximate surface area is 149 Å². The van der Waals surface area contributed by atoms with E-state index in [4.69, 9.17) is 4.74 Å². The number of amides is 2. The van der Waals surface area contributed by atoms with Gasteiger partial charge in [-0.25, -0.2) is 4.39 Å². The third-order valence-corrected chi connectivity index (χ3v) is 5.01. The first-order valence-corrected chi connectivity index (χ1v) is 8.88. The van der Waals surface area contributed by atoms with Crippen LogP contribution in [0, 0.1) is 5.82 Å². The van der Waals surface area contributed by atoms with E-state index in [-0.39, 0.29) is 28.1 Å². The highest BCUT2D eigenvalue weighted by atomic mass is 32.2. The van der Waals surface area contributed by atoms with Gasteiger partial charge in [0.2, 0.25) is 5.91 Å². The molecule has 2 aromatic carbocycles. The van der Waals surface area contributed by atoms with Gasteiger partial charge in [-0.05, 0) is 41.8 Å². The number of halogens is 1. The molecule has 0 aliphatic carbocycles. The summed E-state index contributed by atoms with van der Waals surface area (Å²) in [6.07, 6.45) is 0.502. The smallest absolute Gasteiger partial charge is 0.286 e. The summed E-state index contributed by atoms with van der Waals surface area (Å²) >= 11 is 1.02. The first kappa shape index (κ1) is 17.5. The number of thioether (sulfide) groups is 1. The molecule has 1 aliphatic rings. The molecule has 2 amide bonds. The zero-order valence-corrected chi connectivity index (χ0v) is 14.5. The molecular formula is C19H18FNO3S. The first-order chi connectivity index (χ1) is 12.0. The van der Waals surface area contributed by atoms with Crippen molar-refractivity contribution in [3.05, 3.63) is 65.5 Å². The summed E-state index contributed by atoms with van der Waals surface area (Å²) < 4.78 is 19.0. The monoisotopic (exact) mass is 359 g/mol. The van der Waals surface area contributed by atoms with Crippen molar-refractivity contribution < 1.29 is 18.7 Å². The summed E-state index contributed by atoms with van der Waals surface area (Å²) in [6, 6.07) is 14.0. The largest absolute Gasteiger partial charge is 0.493 e. The molecule has 25 heavy (non-hydrogen) atoms. The molecule has 1 saturated heterocycles. The lowest BCUT2D eigenvalue weighted by molar-refractivity contribution is -0.118. The predicted octanol–water partition coefficient (Wildman–Crippen LogP) is 3.90. The zero-order chi connectivity index (χ0) is 17.8. The van der Waals surface area contributed by atoms with Crippen LogP contribution < -0.4 is 10.1 Å². The van der Waals surface area contributed by atoms with Gasteiger partial charge in [-0.1, -0.05) is 43.0 Å². The van der Waals surface area contributed by atoms with E-state index in [2.05, 4.69) is 5.32 Å². The van der Waals surface area contributed by atoms with Crippen LogP contribution in [0.15, 0.2) is 48.5 Å². The number of hydrogen-bond acceptors (Lipinski definition) is 4. The quantitative estimate of drug-likeness (QED) is 0.850. The Bertz CT molecular complexity index is 778. The number of ether oxygens (including phenoxy) is 1. The molecule has 0 saturated carbocycles. The van der Waals surface area contributed by atoms with Crippen molar-refractivity contribution in [2.45, 2.75) is 24.5 Å². The fourth-order valence-electron chi connectivity index (χ4n) is 2.59. The second kappa shape index (κ2) is 7.70. The van der Waals surface area contributed by atoms with Crippen molar-refractivity contribution in [2.24, 2.45) is 0 Å². The average molecular weight is 359 g/mol. The average Bonchev–Trinajstić information content (AvgIpc) is 2.91. The fraction of sp³-hybridized carbons (Fsp3) is 0.263. The first-order valence-electron chi connectivity index (χ1n) is 8.00. The van der Waals surface area contributed by atoms with Crippen molar-refractivity contribution in [1.82, 2.24) is 5.32 Å². The number of carbonyl (C=O) groups is 2. The van der Waals surface area contributed by atoms with Gasteiger partial charge in [-0.15, -0.1) is 0 Å². The van der Waals surface area contributed by atoms with E-state index in [1.54, 1.807) is 6.07 Å². The normalized spacial score (nSPS) is 18.1. The Kier molecular flexibility index (Phi) is 5.38. The van der Waals surface area contributed by atoms with Crippen molar-refractivity contribution in [3.63, 3.8) is 0 Å². The van der Waals surface area contributed by atoms with Crippen molar-refractivity contribution in [3.8, 4) is 5.75 Å². The predicted molar refractivity (Wildman–Crippen MR) is 95.4 cm³/mol. The van der Waals surface area contributed by atoms with Crippen molar-refractivity contribution >= 4 is 22.9 Å². The summed E-state index contributed by atoms with van der Waals surface area (Å²) in [7, 11) is 0. The number of benzene rings is 2. The molecule has 3 rings (SSSR count). The van der Waals surface area contributed by atoms with Crippen LogP contribution in [0.2, 0.25) is 0 Å². The van der Waals surface area contributed by atoms with Crippen LogP contribution in [0.3, 0.4) is 0 Å². The molecule has 6 heteroatoms. The molecule has 0 bridgehead atoms. The summed E-state index contributed by atoms with van der Waals surface area (Å²) in [5.74, 6) is 0.298. The van der Waals surface area contributed by atoms with E-state index in [0.717, 1.165) is 22.9 Å². The Balaban J connectivity index is 1.54. The summed E-state index contributed by atoms with van der Waals surface area (Å²) in [4.78, 5) is 22.8. The maximum Gasteiger partial charge on any atom is 0.286 e. The minimum absolute atomic E-state index is 0.0694. The molecule has 4 nitrogen and oxygen atoms in total. The highest BCUT2D eigenvalue weighted by Crippen LogP contribution is 2.24. The Morgan fingerprint density at radius 3 is 2.60 bits per heavy atom. The number of rotatable bonds is 6. The Morgan fingerprint density at radius 2 is 1.96 bits per heavy atom. The van der Waals surface area contributed by atoms with Crippen LogP contribution >= 0.6 is 11.8 Å². The molecule has 2 aromatic rings. The number of imide groups is 1. The van der Waals surface area contributed by atoms with Gasteiger partial charge in [-0.2, -0.15) is 0 Å². The van der Waals surface area contributed by atoms with Crippen LogP contribution in [-0.4, -0.2) is 23.0 Å². The molecule has 0 spiro atoms. The van der Waals surface area contributed by atoms with Crippen LogP contribution in [0.1, 0.15) is 24.0 Å². The van der Waals surface area contributed by atoms with E-state index < -0.39 is 0 Å². The van der Waals surface area contributed by atoms with Crippen LogP contribution in [-0.2, 0) is 11.2 Å². The van der Waals surface area contributed by atoms with E-state index in [9.17, 15) is 14.0 Å². The minimum atomic E-state index is -0.368. The molecule has 1 N–H and O–H groups in total.